The molecule has 0 saturated heterocycles. The zero-order valence-corrected chi connectivity index (χ0v) is 6.73. The Morgan fingerprint density at radius 2 is 1.90 bits per heavy atom. The number of hydrogen-bond acceptors (Lipinski definition) is 2. The summed E-state index contributed by atoms with van der Waals surface area (Å²) in [7, 11) is 2.19. The van der Waals surface area contributed by atoms with Crippen molar-refractivity contribution in [2.75, 3.05) is 0 Å². The van der Waals surface area contributed by atoms with Crippen LogP contribution in [0.15, 0.2) is 24.3 Å². The van der Waals surface area contributed by atoms with Gasteiger partial charge in [0.25, 0.3) is 0 Å². The second kappa shape index (κ2) is 3.55. The molecule has 0 bridgehead atoms. The van der Waals surface area contributed by atoms with Gasteiger partial charge in [0.2, 0.25) is 0 Å². The molecule has 0 saturated carbocycles. The van der Waals surface area contributed by atoms with Crippen LogP contribution in [0.1, 0.15) is 5.56 Å². The Labute approximate surface area is 62.7 Å². The smallest absolute Gasteiger partial charge is 0.122 e. The minimum absolute atomic E-state index is 0.580. The number of hydrogen-bond donors (Lipinski definition) is 1. The van der Waals surface area contributed by atoms with Crippen LogP contribution in [-0.4, -0.2) is 0 Å². The molecule has 2 N–H and O–H groups in total. The molecule has 0 aliphatic rings. The fourth-order valence-electron chi connectivity index (χ4n) is 0.704. The Balaban J connectivity index is 2.80. The van der Waals surface area contributed by atoms with E-state index >= 15 is 0 Å². The van der Waals surface area contributed by atoms with Crippen molar-refractivity contribution in [3.05, 3.63) is 29.8 Å². The third kappa shape index (κ3) is 1.69. The van der Waals surface area contributed by atoms with E-state index in [1.807, 2.05) is 24.3 Å². The molecule has 3 heteroatoms. The third-order valence-electron chi connectivity index (χ3n) is 1.30. The van der Waals surface area contributed by atoms with Gasteiger partial charge in [0, 0.05) is 6.54 Å². The van der Waals surface area contributed by atoms with Gasteiger partial charge in [0.15, 0.2) is 0 Å². The van der Waals surface area contributed by atoms with E-state index in [9.17, 15) is 0 Å². The van der Waals surface area contributed by atoms with E-state index in [-0.39, 0.29) is 0 Å². The maximum atomic E-state index is 5.40. The first-order valence-corrected chi connectivity index (χ1v) is 3.49. The Bertz CT molecular complexity index is 174. The minimum atomic E-state index is 0.580. The second-order valence-electron chi connectivity index (χ2n) is 1.97. The van der Waals surface area contributed by atoms with Crippen molar-refractivity contribution in [1.82, 2.24) is 0 Å². The van der Waals surface area contributed by atoms with Gasteiger partial charge in [-0.25, -0.2) is 0 Å². The van der Waals surface area contributed by atoms with Crippen LogP contribution in [0.25, 0.3) is 0 Å². The molecule has 1 aromatic rings. The van der Waals surface area contributed by atoms with E-state index in [0.717, 1.165) is 11.3 Å². The molecule has 0 radical (unpaired) electrons. The lowest BCUT2D eigenvalue weighted by Gasteiger charge is -1.98. The molecule has 1 unspecified atom stereocenters. The van der Waals surface area contributed by atoms with Crippen molar-refractivity contribution in [3.63, 3.8) is 0 Å². The van der Waals surface area contributed by atoms with Crippen LogP contribution in [-0.2, 0) is 6.54 Å². The van der Waals surface area contributed by atoms with E-state index < -0.39 is 0 Å². The molecule has 54 valence electrons. The number of benzene rings is 1. The summed E-state index contributed by atoms with van der Waals surface area (Å²) in [6.45, 7) is 0.580. The molecule has 0 heterocycles. The van der Waals surface area contributed by atoms with Crippen LogP contribution < -0.4 is 10.3 Å². The summed E-state index contributed by atoms with van der Waals surface area (Å²) in [5.74, 6) is 0.835. The standard InChI is InChI=1S/C7H10NOP/c8-5-6-1-3-7(9-10)4-2-6/h1-4H,5,8,10H2. The predicted octanol–water partition coefficient (Wildman–Crippen LogP) is 1.31. The van der Waals surface area contributed by atoms with E-state index in [1.165, 1.54) is 0 Å². The third-order valence-corrected chi connectivity index (χ3v) is 1.57. The van der Waals surface area contributed by atoms with Crippen LogP contribution >= 0.6 is 9.47 Å². The molecule has 1 atom stereocenters. The summed E-state index contributed by atoms with van der Waals surface area (Å²) in [6.07, 6.45) is 0. The van der Waals surface area contributed by atoms with Crippen LogP contribution in [0.2, 0.25) is 0 Å². The molecule has 10 heavy (non-hydrogen) atoms. The summed E-state index contributed by atoms with van der Waals surface area (Å²) < 4.78 is 4.89. The Morgan fingerprint density at radius 3 is 2.30 bits per heavy atom. The van der Waals surface area contributed by atoms with Gasteiger partial charge < -0.3 is 10.3 Å². The highest BCUT2D eigenvalue weighted by Gasteiger charge is 1.89. The summed E-state index contributed by atoms with van der Waals surface area (Å²) in [5.41, 5.74) is 6.51. The zero-order valence-electron chi connectivity index (χ0n) is 5.58. The van der Waals surface area contributed by atoms with Crippen LogP contribution in [0.3, 0.4) is 0 Å². The van der Waals surface area contributed by atoms with E-state index in [0.29, 0.717) is 6.54 Å². The van der Waals surface area contributed by atoms with Gasteiger partial charge >= 0.3 is 0 Å². The lowest BCUT2D eigenvalue weighted by molar-refractivity contribution is 0.645. The van der Waals surface area contributed by atoms with E-state index in [1.54, 1.807) is 0 Å². The van der Waals surface area contributed by atoms with Crippen LogP contribution in [0.4, 0.5) is 0 Å². The van der Waals surface area contributed by atoms with E-state index in [4.69, 9.17) is 10.3 Å². The van der Waals surface area contributed by atoms with Gasteiger partial charge in [0.05, 0.1) is 9.47 Å². The van der Waals surface area contributed by atoms with Gasteiger partial charge in [0.1, 0.15) is 5.75 Å². The lowest BCUT2D eigenvalue weighted by atomic mass is 10.2. The average Bonchev–Trinajstić information content (AvgIpc) is 2.05. The normalized spacial score (nSPS) is 9.40. The maximum absolute atomic E-state index is 5.40. The fourth-order valence-corrected chi connectivity index (χ4v) is 0.861. The average molecular weight is 155 g/mol. The highest BCUT2D eigenvalue weighted by Crippen LogP contribution is 2.13. The molecule has 0 aliphatic carbocycles. The summed E-state index contributed by atoms with van der Waals surface area (Å²) >= 11 is 0. The second-order valence-corrected chi connectivity index (χ2v) is 2.20. The van der Waals surface area contributed by atoms with Gasteiger partial charge in [-0.1, -0.05) is 12.1 Å². The maximum Gasteiger partial charge on any atom is 0.122 e. The monoisotopic (exact) mass is 155 g/mol. The molecule has 1 aromatic carbocycles. The SMILES string of the molecule is NCc1ccc(OP)cc1. The fraction of sp³-hybridized carbons (Fsp3) is 0.143. The molecule has 0 spiro atoms. The minimum Gasteiger partial charge on any atom is -0.480 e. The molecule has 0 amide bonds. The first-order chi connectivity index (χ1) is 4.86. The largest absolute Gasteiger partial charge is 0.480 e. The summed E-state index contributed by atoms with van der Waals surface area (Å²) in [4.78, 5) is 0. The highest BCUT2D eigenvalue weighted by molar-refractivity contribution is 7.10. The lowest BCUT2D eigenvalue weighted by Crippen LogP contribution is -1.94. The summed E-state index contributed by atoms with van der Waals surface area (Å²) in [6, 6.07) is 7.66. The molecular weight excluding hydrogens is 145 g/mol. The van der Waals surface area contributed by atoms with Gasteiger partial charge in [-0.2, -0.15) is 0 Å². The van der Waals surface area contributed by atoms with Gasteiger partial charge in [-0.3, -0.25) is 0 Å². The Hall–Kier alpha value is -0.590. The van der Waals surface area contributed by atoms with Crippen LogP contribution in [0.5, 0.6) is 5.75 Å². The van der Waals surface area contributed by atoms with Crippen molar-refractivity contribution in [2.24, 2.45) is 5.73 Å². The number of rotatable bonds is 2. The van der Waals surface area contributed by atoms with Crippen LogP contribution in [0, 0.1) is 0 Å². The molecule has 0 aliphatic heterocycles. The number of nitrogens with two attached hydrogens (primary N) is 1. The zero-order chi connectivity index (χ0) is 7.40. The van der Waals surface area contributed by atoms with E-state index in [2.05, 4.69) is 9.47 Å². The molecule has 1 rings (SSSR count). The molecule has 2 nitrogen and oxygen atoms in total. The van der Waals surface area contributed by atoms with Gasteiger partial charge in [-0.05, 0) is 17.7 Å². The first-order valence-electron chi connectivity index (χ1n) is 3.02. The summed E-state index contributed by atoms with van der Waals surface area (Å²) in [5, 5.41) is 0. The Kier molecular flexibility index (Phi) is 2.67. The van der Waals surface area contributed by atoms with Crippen molar-refractivity contribution < 1.29 is 4.52 Å². The quantitative estimate of drug-likeness (QED) is 0.653. The Morgan fingerprint density at radius 1 is 1.30 bits per heavy atom. The van der Waals surface area contributed by atoms with Crippen molar-refractivity contribution >= 4 is 9.47 Å². The van der Waals surface area contributed by atoms with Crippen molar-refractivity contribution in [3.8, 4) is 5.75 Å². The highest BCUT2D eigenvalue weighted by atomic mass is 31.0. The molecular formula is C7H10NOP. The van der Waals surface area contributed by atoms with Crippen molar-refractivity contribution in [1.29, 1.82) is 0 Å². The topological polar surface area (TPSA) is 35.2 Å². The van der Waals surface area contributed by atoms with Crippen molar-refractivity contribution in [2.45, 2.75) is 6.54 Å². The predicted molar refractivity (Wildman–Crippen MR) is 44.7 cm³/mol. The van der Waals surface area contributed by atoms with Gasteiger partial charge in [-0.15, -0.1) is 0 Å². The molecule has 0 aromatic heterocycles. The first kappa shape index (κ1) is 7.52. The molecule has 0 fully saturated rings.